The number of carbonyl (C=O) groups excluding carboxylic acids is 1. The van der Waals surface area contributed by atoms with Gasteiger partial charge in [0.2, 0.25) is 15.9 Å². The van der Waals surface area contributed by atoms with E-state index >= 15 is 0 Å². The zero-order chi connectivity index (χ0) is 36.7. The van der Waals surface area contributed by atoms with Crippen LogP contribution in [0.5, 0.6) is 0 Å². The van der Waals surface area contributed by atoms with Crippen LogP contribution in [0.3, 0.4) is 0 Å². The molecular formula is C41H49N3O7S. The number of amides is 1. The van der Waals surface area contributed by atoms with Gasteiger partial charge in [-0.25, -0.2) is 8.42 Å². The van der Waals surface area contributed by atoms with Crippen molar-refractivity contribution in [3.63, 3.8) is 0 Å². The Balaban J connectivity index is 1.15. The van der Waals surface area contributed by atoms with E-state index in [0.717, 1.165) is 52.8 Å². The predicted octanol–water partition coefficient (Wildman–Crippen LogP) is 4.94. The van der Waals surface area contributed by atoms with Crippen LogP contribution in [0.15, 0.2) is 108 Å². The molecular weight excluding hydrogens is 679 g/mol. The van der Waals surface area contributed by atoms with Crippen molar-refractivity contribution in [3.8, 4) is 0 Å². The van der Waals surface area contributed by atoms with Crippen LogP contribution in [-0.2, 0) is 43.9 Å². The van der Waals surface area contributed by atoms with Crippen molar-refractivity contribution in [2.45, 2.75) is 81.7 Å². The van der Waals surface area contributed by atoms with Crippen LogP contribution in [0.25, 0.3) is 0 Å². The lowest BCUT2D eigenvalue weighted by molar-refractivity contribution is -0.276. The summed E-state index contributed by atoms with van der Waals surface area (Å²) < 4.78 is 42.4. The van der Waals surface area contributed by atoms with Gasteiger partial charge in [-0.15, -0.1) is 0 Å². The molecule has 0 bridgehead atoms. The number of carbonyl (C=O) groups is 1. The molecule has 0 aliphatic carbocycles. The maximum absolute atomic E-state index is 13.6. The fourth-order valence-electron chi connectivity index (χ4n) is 7.02. The predicted molar refractivity (Wildman–Crippen MR) is 198 cm³/mol. The molecule has 0 aromatic heterocycles. The summed E-state index contributed by atoms with van der Waals surface area (Å²) in [6.07, 6.45) is 1.14. The fourth-order valence-corrected chi connectivity index (χ4v) is 8.21. The highest BCUT2D eigenvalue weighted by atomic mass is 32.2. The number of nitrogens with zero attached hydrogens (tertiary/aromatic N) is 1. The number of rotatable bonds is 14. The highest BCUT2D eigenvalue weighted by Gasteiger charge is 2.40. The summed E-state index contributed by atoms with van der Waals surface area (Å²) in [5.41, 5.74) is 5.26. The number of aliphatic hydroxyl groups excluding tert-OH is 2. The monoisotopic (exact) mass is 727 g/mol. The molecule has 6 atom stereocenters. The number of likely N-dealkylation sites (tertiary alicyclic amines) is 1. The van der Waals surface area contributed by atoms with Gasteiger partial charge in [-0.1, -0.05) is 103 Å². The Morgan fingerprint density at radius 2 is 1.54 bits per heavy atom. The topological polar surface area (TPSA) is 137 Å². The Labute approximate surface area is 306 Å². The first kappa shape index (κ1) is 37.8. The molecule has 6 rings (SSSR count). The average Bonchev–Trinajstić information content (AvgIpc) is 3.62. The Morgan fingerprint density at radius 1 is 0.865 bits per heavy atom. The number of hydrogen-bond donors (Lipinski definition) is 4. The maximum atomic E-state index is 13.6. The Bertz CT molecular complexity index is 1860. The molecule has 2 fully saturated rings. The first-order valence-corrected chi connectivity index (χ1v) is 19.5. The molecule has 52 heavy (non-hydrogen) atoms. The number of sulfonamides is 1. The summed E-state index contributed by atoms with van der Waals surface area (Å²) in [5.74, 6) is -0.407. The maximum Gasteiger partial charge on any atom is 0.241 e. The van der Waals surface area contributed by atoms with Crippen molar-refractivity contribution >= 4 is 15.9 Å². The summed E-state index contributed by atoms with van der Waals surface area (Å²) in [6.45, 7) is 5.90. The first-order valence-electron chi connectivity index (χ1n) is 18.0. The zero-order valence-corrected chi connectivity index (χ0v) is 30.5. The molecule has 1 amide bonds. The number of hydrogen-bond acceptors (Lipinski definition) is 8. The molecule has 2 aliphatic rings. The normalized spacial score (nSPS) is 23.0. The third-order valence-electron chi connectivity index (χ3n) is 10.2. The van der Waals surface area contributed by atoms with E-state index in [1.807, 2.05) is 85.8 Å². The van der Waals surface area contributed by atoms with Crippen LogP contribution < -0.4 is 10.0 Å². The Morgan fingerprint density at radius 3 is 2.21 bits per heavy atom. The third kappa shape index (κ3) is 9.34. The molecule has 2 heterocycles. The van der Waals surface area contributed by atoms with Crippen molar-refractivity contribution in [3.05, 3.63) is 137 Å². The summed E-state index contributed by atoms with van der Waals surface area (Å²) in [4.78, 5) is 16.0. The molecule has 0 radical (unpaired) electrons. The molecule has 10 nitrogen and oxygen atoms in total. The highest BCUT2D eigenvalue weighted by Crippen LogP contribution is 2.42. The van der Waals surface area contributed by atoms with Gasteiger partial charge >= 0.3 is 0 Å². The van der Waals surface area contributed by atoms with E-state index < -0.39 is 28.3 Å². The van der Waals surface area contributed by atoms with Crippen molar-refractivity contribution in [1.82, 2.24) is 14.9 Å². The summed E-state index contributed by atoms with van der Waals surface area (Å²) in [7, 11) is -3.96. The number of ether oxygens (including phenoxy) is 2. The number of nitrogens with one attached hydrogen (secondary N) is 2. The molecule has 4 aromatic carbocycles. The second kappa shape index (κ2) is 17.3. The van der Waals surface area contributed by atoms with Gasteiger partial charge in [0, 0.05) is 30.6 Å². The minimum absolute atomic E-state index is 0.0259. The van der Waals surface area contributed by atoms with Gasteiger partial charge in [-0.3, -0.25) is 9.69 Å². The van der Waals surface area contributed by atoms with Gasteiger partial charge in [-0.05, 0) is 67.1 Å². The Hall–Kier alpha value is -3.94. The molecule has 276 valence electrons. The van der Waals surface area contributed by atoms with E-state index in [-0.39, 0.29) is 55.2 Å². The van der Waals surface area contributed by atoms with Crippen LogP contribution in [0, 0.1) is 12.8 Å². The highest BCUT2D eigenvalue weighted by molar-refractivity contribution is 7.89. The second-order valence-corrected chi connectivity index (χ2v) is 15.6. The summed E-state index contributed by atoms with van der Waals surface area (Å²) in [6, 6.07) is 30.4. The van der Waals surface area contributed by atoms with Gasteiger partial charge in [0.05, 0.1) is 30.3 Å². The lowest BCUT2D eigenvalue weighted by Gasteiger charge is -2.43. The van der Waals surface area contributed by atoms with Gasteiger partial charge in [0.25, 0.3) is 0 Å². The fraction of sp³-hybridized carbons (Fsp3) is 0.390. The van der Waals surface area contributed by atoms with Gasteiger partial charge in [0.15, 0.2) is 6.29 Å². The van der Waals surface area contributed by atoms with Crippen LogP contribution in [0.2, 0.25) is 0 Å². The van der Waals surface area contributed by atoms with E-state index in [4.69, 9.17) is 9.47 Å². The molecule has 0 unspecified atom stereocenters. The van der Waals surface area contributed by atoms with Gasteiger partial charge in [-0.2, -0.15) is 4.72 Å². The van der Waals surface area contributed by atoms with Crippen LogP contribution in [-0.4, -0.2) is 67.3 Å². The van der Waals surface area contributed by atoms with E-state index in [1.165, 1.54) is 12.1 Å². The van der Waals surface area contributed by atoms with Crippen molar-refractivity contribution in [2.75, 3.05) is 19.7 Å². The van der Waals surface area contributed by atoms with Crippen molar-refractivity contribution in [2.24, 2.45) is 5.92 Å². The third-order valence-corrected chi connectivity index (χ3v) is 11.7. The molecule has 4 N–H and O–H groups in total. The quantitative estimate of drug-likeness (QED) is 0.144. The van der Waals surface area contributed by atoms with Crippen molar-refractivity contribution < 1.29 is 32.9 Å². The van der Waals surface area contributed by atoms with Crippen LogP contribution in [0.4, 0.5) is 0 Å². The molecule has 2 aliphatic heterocycles. The summed E-state index contributed by atoms with van der Waals surface area (Å²) >= 11 is 0. The van der Waals surface area contributed by atoms with Gasteiger partial charge in [0.1, 0.15) is 6.04 Å². The average molecular weight is 728 g/mol. The van der Waals surface area contributed by atoms with Gasteiger partial charge < -0.3 is 25.0 Å². The van der Waals surface area contributed by atoms with Crippen molar-refractivity contribution in [1.29, 1.82) is 0 Å². The molecule has 4 aromatic rings. The lowest BCUT2D eigenvalue weighted by Crippen LogP contribution is -2.47. The second-order valence-electron chi connectivity index (χ2n) is 13.9. The first-order chi connectivity index (χ1) is 25.1. The smallest absolute Gasteiger partial charge is 0.241 e. The molecule has 0 saturated carbocycles. The SMILES string of the molecule is Cc1ccc(S(=O)(=O)N[C@H](Cc2ccccc2)C(=O)NCc2ccc([C@H]3O[C@@H](CN4CCC[C@H]4CO)[C@@H](C)[C@@H](c4ccc(CO)cc4)O3)cc2)cc1. The van der Waals surface area contributed by atoms with E-state index in [0.29, 0.717) is 6.54 Å². The number of aliphatic hydroxyl groups is 2. The van der Waals surface area contributed by atoms with E-state index in [1.54, 1.807) is 12.1 Å². The number of aryl methyl sites for hydroxylation is 1. The molecule has 2 saturated heterocycles. The lowest BCUT2D eigenvalue weighted by atomic mass is 9.90. The zero-order valence-electron chi connectivity index (χ0n) is 29.7. The van der Waals surface area contributed by atoms with E-state index in [9.17, 15) is 23.4 Å². The molecule has 0 spiro atoms. The number of benzene rings is 4. The molecule has 11 heteroatoms. The van der Waals surface area contributed by atoms with Crippen LogP contribution in [0.1, 0.15) is 65.5 Å². The Kier molecular flexibility index (Phi) is 12.5. The standard InChI is InChI=1S/C41H49N3O7S/c1-28-10-20-36(21-11-28)52(48,49)43-37(23-30-7-4-3-5-8-30)40(47)42-24-31-12-18-34(19-13-31)41-50-38(25-44-22-6-9-35(44)27-46)29(2)39(51-41)33-16-14-32(26-45)15-17-33/h3-5,7-8,10-21,29,35,37-39,41,43,45-46H,6,9,22-27H2,1-2H3,(H,42,47)/t29-,35+,37-,38+,39+,41+/m1/s1. The van der Waals surface area contributed by atoms with Crippen LogP contribution >= 0.6 is 0 Å². The summed E-state index contributed by atoms with van der Waals surface area (Å²) in [5, 5.41) is 22.5. The largest absolute Gasteiger partial charge is 0.395 e. The van der Waals surface area contributed by atoms with E-state index in [2.05, 4.69) is 21.9 Å². The minimum atomic E-state index is -3.96. The minimum Gasteiger partial charge on any atom is -0.395 e.